The van der Waals surface area contributed by atoms with E-state index in [1.807, 2.05) is 19.9 Å². The first-order chi connectivity index (χ1) is 12.4. The molecule has 1 aromatic heterocycles. The number of methoxy groups -OCH3 is 1. The lowest BCUT2D eigenvalue weighted by Crippen LogP contribution is -2.14. The molecule has 0 saturated carbocycles. The van der Waals surface area contributed by atoms with Gasteiger partial charge in [-0.1, -0.05) is 24.3 Å². The van der Waals surface area contributed by atoms with Gasteiger partial charge in [-0.25, -0.2) is 8.42 Å². The van der Waals surface area contributed by atoms with Crippen molar-refractivity contribution in [1.29, 1.82) is 0 Å². The average Bonchev–Trinajstić information content (AvgIpc) is 2.90. The molecule has 0 aliphatic heterocycles. The zero-order valence-electron chi connectivity index (χ0n) is 14.8. The van der Waals surface area contributed by atoms with E-state index in [2.05, 4.69) is 4.72 Å². The fraction of sp³-hybridized carbons (Fsp3) is 0.278. The molecular weight excluding hydrogens is 372 g/mol. The number of hydrogen-bond donors (Lipinski definition) is 1. The van der Waals surface area contributed by atoms with E-state index in [4.69, 9.17) is 4.74 Å². The Hall–Kier alpha value is -2.32. The normalized spacial score (nSPS) is 11.7. The predicted molar refractivity (Wildman–Crippen MR) is 105 cm³/mol. The van der Waals surface area contributed by atoms with Crippen LogP contribution in [0.3, 0.4) is 0 Å². The van der Waals surface area contributed by atoms with Crippen molar-refractivity contribution in [2.24, 2.45) is 0 Å². The van der Waals surface area contributed by atoms with E-state index in [-0.39, 0.29) is 9.77 Å². The lowest BCUT2D eigenvalue weighted by molar-refractivity contribution is 0.417. The summed E-state index contributed by atoms with van der Waals surface area (Å²) in [6.45, 7) is 4.48. The summed E-state index contributed by atoms with van der Waals surface area (Å²) in [5, 5.41) is 0. The number of aromatic nitrogens is 1. The third-order valence-corrected chi connectivity index (χ3v) is 6.30. The molecule has 0 bridgehead atoms. The largest absolute Gasteiger partial charge is 0.495 e. The molecule has 0 radical (unpaired) electrons. The Morgan fingerprint density at radius 2 is 1.96 bits per heavy atom. The highest BCUT2D eigenvalue weighted by molar-refractivity contribution is 7.92. The van der Waals surface area contributed by atoms with Gasteiger partial charge in [0.05, 0.1) is 27.9 Å². The van der Waals surface area contributed by atoms with Crippen LogP contribution >= 0.6 is 11.3 Å². The molecule has 0 unspecified atom stereocenters. The van der Waals surface area contributed by atoms with Crippen LogP contribution in [0.1, 0.15) is 18.9 Å². The van der Waals surface area contributed by atoms with Crippen LogP contribution in [-0.2, 0) is 16.6 Å². The molecule has 0 amide bonds. The van der Waals surface area contributed by atoms with Crippen LogP contribution in [0.5, 0.6) is 5.75 Å². The van der Waals surface area contributed by atoms with Gasteiger partial charge in [0.1, 0.15) is 5.75 Å². The van der Waals surface area contributed by atoms with E-state index in [0.29, 0.717) is 22.7 Å². The van der Waals surface area contributed by atoms with Crippen molar-refractivity contribution in [2.75, 3.05) is 11.8 Å². The number of ether oxygens (including phenoxy) is 1. The summed E-state index contributed by atoms with van der Waals surface area (Å²) in [6.07, 6.45) is 0.834. The zero-order valence-corrected chi connectivity index (χ0v) is 16.4. The molecule has 0 aliphatic rings. The Morgan fingerprint density at radius 1 is 1.19 bits per heavy atom. The van der Waals surface area contributed by atoms with E-state index < -0.39 is 10.0 Å². The van der Waals surface area contributed by atoms with E-state index in [0.717, 1.165) is 28.8 Å². The van der Waals surface area contributed by atoms with E-state index in [9.17, 15) is 13.2 Å². The molecule has 138 valence electrons. The Kier molecular flexibility index (Phi) is 5.06. The third-order valence-electron chi connectivity index (χ3n) is 4.00. The Morgan fingerprint density at radius 3 is 2.65 bits per heavy atom. The molecule has 0 fully saturated rings. The second kappa shape index (κ2) is 7.13. The summed E-state index contributed by atoms with van der Waals surface area (Å²) in [6, 6.07) is 10.0. The smallest absolute Gasteiger partial charge is 0.308 e. The van der Waals surface area contributed by atoms with E-state index in [1.54, 1.807) is 22.8 Å². The minimum atomic E-state index is -3.80. The first-order valence-electron chi connectivity index (χ1n) is 8.16. The lowest BCUT2D eigenvalue weighted by Gasteiger charge is -2.12. The minimum absolute atomic E-state index is 0.0790. The molecule has 2 aromatic carbocycles. The van der Waals surface area contributed by atoms with Crippen LogP contribution in [0.25, 0.3) is 10.2 Å². The highest BCUT2D eigenvalue weighted by Gasteiger charge is 2.18. The van der Waals surface area contributed by atoms with Crippen molar-refractivity contribution in [3.05, 3.63) is 51.6 Å². The van der Waals surface area contributed by atoms with Crippen LogP contribution in [0, 0.1) is 6.92 Å². The van der Waals surface area contributed by atoms with Crippen molar-refractivity contribution in [3.63, 3.8) is 0 Å². The summed E-state index contributed by atoms with van der Waals surface area (Å²) < 4.78 is 35.7. The number of sulfonamides is 1. The zero-order chi connectivity index (χ0) is 18.9. The van der Waals surface area contributed by atoms with Crippen molar-refractivity contribution in [3.8, 4) is 5.75 Å². The molecule has 0 saturated heterocycles. The second-order valence-electron chi connectivity index (χ2n) is 5.96. The number of hydrogen-bond acceptors (Lipinski definition) is 5. The Labute approximate surface area is 156 Å². The van der Waals surface area contributed by atoms with Gasteiger partial charge < -0.3 is 4.74 Å². The van der Waals surface area contributed by atoms with E-state index in [1.165, 1.54) is 19.2 Å². The molecule has 0 spiro atoms. The first kappa shape index (κ1) is 18.5. The Balaban J connectivity index is 2.02. The molecule has 0 atom stereocenters. The number of benzene rings is 2. The van der Waals surface area contributed by atoms with Crippen molar-refractivity contribution in [2.45, 2.75) is 31.7 Å². The maximum absolute atomic E-state index is 12.8. The second-order valence-corrected chi connectivity index (χ2v) is 8.63. The molecule has 0 aliphatic carbocycles. The molecular formula is C18H20N2O4S2. The molecule has 6 nitrogen and oxygen atoms in total. The minimum Gasteiger partial charge on any atom is -0.495 e. The predicted octanol–water partition coefficient (Wildman–Crippen LogP) is 3.59. The molecule has 8 heteroatoms. The van der Waals surface area contributed by atoms with Crippen molar-refractivity contribution >= 4 is 37.3 Å². The summed E-state index contributed by atoms with van der Waals surface area (Å²) >= 11 is 1.06. The highest BCUT2D eigenvalue weighted by atomic mass is 32.2. The maximum Gasteiger partial charge on any atom is 0.308 e. The van der Waals surface area contributed by atoms with Gasteiger partial charge in [-0.2, -0.15) is 0 Å². The molecule has 3 rings (SSSR count). The van der Waals surface area contributed by atoms with Crippen molar-refractivity contribution in [1.82, 2.24) is 4.57 Å². The highest BCUT2D eigenvalue weighted by Crippen LogP contribution is 2.29. The van der Waals surface area contributed by atoms with Gasteiger partial charge in [0, 0.05) is 6.54 Å². The van der Waals surface area contributed by atoms with Crippen molar-refractivity contribution < 1.29 is 13.2 Å². The number of fused-ring (bicyclic) bond motifs is 1. The van der Waals surface area contributed by atoms with Crippen LogP contribution in [0.4, 0.5) is 5.69 Å². The molecule has 26 heavy (non-hydrogen) atoms. The third kappa shape index (κ3) is 3.47. The standard InChI is InChI=1S/C18H20N2O4S2/c1-4-9-20-15-7-6-13(11-17(15)25-18(20)21)26(22,23)19-14-10-12(2)5-8-16(14)24-3/h5-8,10-11,19H,4,9H2,1-3H3. The van der Waals surface area contributed by atoms with Crippen LogP contribution in [-0.4, -0.2) is 20.1 Å². The van der Waals surface area contributed by atoms with Gasteiger partial charge in [0.25, 0.3) is 10.0 Å². The topological polar surface area (TPSA) is 77.4 Å². The monoisotopic (exact) mass is 392 g/mol. The first-order valence-corrected chi connectivity index (χ1v) is 10.5. The van der Waals surface area contributed by atoms with Gasteiger partial charge >= 0.3 is 4.87 Å². The Bertz CT molecular complexity index is 1110. The summed E-state index contributed by atoms with van der Waals surface area (Å²) in [5.74, 6) is 0.444. The number of rotatable bonds is 6. The maximum atomic E-state index is 12.8. The van der Waals surface area contributed by atoms with Crippen LogP contribution in [0.15, 0.2) is 46.1 Å². The fourth-order valence-electron chi connectivity index (χ4n) is 2.75. The fourth-order valence-corrected chi connectivity index (χ4v) is 4.87. The summed E-state index contributed by atoms with van der Waals surface area (Å²) in [7, 11) is -2.32. The lowest BCUT2D eigenvalue weighted by atomic mass is 10.2. The van der Waals surface area contributed by atoms with Crippen LogP contribution in [0.2, 0.25) is 0 Å². The van der Waals surface area contributed by atoms with Gasteiger partial charge in [-0.3, -0.25) is 14.1 Å². The van der Waals surface area contributed by atoms with E-state index >= 15 is 0 Å². The summed E-state index contributed by atoms with van der Waals surface area (Å²) in [4.78, 5) is 12.1. The van der Waals surface area contributed by atoms with Gasteiger partial charge in [0.15, 0.2) is 0 Å². The number of anilines is 1. The quantitative estimate of drug-likeness (QED) is 0.695. The average molecular weight is 393 g/mol. The summed E-state index contributed by atoms with van der Waals surface area (Å²) in [5.41, 5.74) is 2.05. The SMILES string of the molecule is CCCn1c(=O)sc2cc(S(=O)(=O)Nc3cc(C)ccc3OC)ccc21. The molecule has 1 heterocycles. The van der Waals surface area contributed by atoms with Gasteiger partial charge in [-0.05, 0) is 49.2 Å². The van der Waals surface area contributed by atoms with Crippen LogP contribution < -0.4 is 14.3 Å². The number of aryl methyl sites for hydroxylation is 2. The van der Waals surface area contributed by atoms with Gasteiger partial charge in [-0.15, -0.1) is 0 Å². The molecule has 1 N–H and O–H groups in total. The number of thiazole rings is 1. The number of nitrogens with one attached hydrogen (secondary N) is 1. The number of nitrogens with zero attached hydrogens (tertiary/aromatic N) is 1. The molecule has 3 aromatic rings. The van der Waals surface area contributed by atoms with Gasteiger partial charge in [0.2, 0.25) is 0 Å².